The van der Waals surface area contributed by atoms with Gasteiger partial charge in [0.15, 0.2) is 0 Å². The molecule has 18 heavy (non-hydrogen) atoms. The van der Waals surface area contributed by atoms with Crippen LogP contribution in [0.1, 0.15) is 17.9 Å². The largest absolute Gasteiger partial charge is 0.311 e. The van der Waals surface area contributed by atoms with Crippen LogP contribution in [0.3, 0.4) is 0 Å². The van der Waals surface area contributed by atoms with E-state index in [-0.39, 0.29) is 0 Å². The van der Waals surface area contributed by atoms with Crippen molar-refractivity contribution in [2.45, 2.75) is 19.9 Å². The number of imidazole rings is 1. The summed E-state index contributed by atoms with van der Waals surface area (Å²) in [5.41, 5.74) is 2.34. The molecule has 3 heteroatoms. The van der Waals surface area contributed by atoms with Crippen molar-refractivity contribution in [3.63, 3.8) is 0 Å². The van der Waals surface area contributed by atoms with Gasteiger partial charge in [-0.25, -0.2) is 4.98 Å². The molecule has 3 nitrogen and oxygen atoms in total. The topological polar surface area (TPSA) is 29.9 Å². The molecule has 0 unspecified atom stereocenters. The second-order valence-corrected chi connectivity index (χ2v) is 4.22. The number of para-hydroxylation sites is 1. The first-order valence-corrected chi connectivity index (χ1v) is 6.23. The van der Waals surface area contributed by atoms with Crippen LogP contribution in [0.25, 0.3) is 5.69 Å². The highest BCUT2D eigenvalue weighted by Crippen LogP contribution is 2.14. The average molecular weight is 241 g/mol. The van der Waals surface area contributed by atoms with Crippen LogP contribution in [0.15, 0.2) is 49.2 Å². The maximum atomic E-state index is 4.39. The molecule has 0 aliphatic heterocycles. The van der Waals surface area contributed by atoms with Crippen LogP contribution in [0.5, 0.6) is 0 Å². The number of benzene rings is 1. The van der Waals surface area contributed by atoms with Crippen molar-refractivity contribution in [1.82, 2.24) is 14.9 Å². The van der Waals surface area contributed by atoms with E-state index in [0.717, 1.165) is 31.0 Å². The number of hydrogen-bond acceptors (Lipinski definition) is 2. The quantitative estimate of drug-likeness (QED) is 0.622. The summed E-state index contributed by atoms with van der Waals surface area (Å²) in [6, 6.07) is 10.3. The molecule has 1 aromatic carbocycles. The smallest absolute Gasteiger partial charge is 0.110 e. The maximum Gasteiger partial charge on any atom is 0.110 e. The molecule has 0 aliphatic rings. The molecule has 2 aromatic rings. The zero-order valence-electron chi connectivity index (χ0n) is 10.8. The molecular formula is C15H19N3. The Bertz CT molecular complexity index is 500. The molecule has 0 saturated heterocycles. The number of aromatic nitrogens is 2. The monoisotopic (exact) mass is 241 g/mol. The summed E-state index contributed by atoms with van der Waals surface area (Å²) >= 11 is 0. The Morgan fingerprint density at radius 3 is 2.83 bits per heavy atom. The van der Waals surface area contributed by atoms with Crippen molar-refractivity contribution in [2.75, 3.05) is 6.54 Å². The summed E-state index contributed by atoms with van der Waals surface area (Å²) in [4.78, 5) is 4.39. The van der Waals surface area contributed by atoms with E-state index in [1.807, 2.05) is 37.4 Å². The molecular weight excluding hydrogens is 222 g/mol. The fourth-order valence-corrected chi connectivity index (χ4v) is 1.97. The van der Waals surface area contributed by atoms with E-state index in [1.165, 1.54) is 5.69 Å². The Labute approximate surface area is 108 Å². The van der Waals surface area contributed by atoms with Crippen molar-refractivity contribution in [2.24, 2.45) is 0 Å². The zero-order chi connectivity index (χ0) is 12.8. The summed E-state index contributed by atoms with van der Waals surface area (Å²) < 4.78 is 2.18. The fraction of sp³-hybridized carbons (Fsp3) is 0.267. The third kappa shape index (κ3) is 2.87. The van der Waals surface area contributed by atoms with Gasteiger partial charge in [0.05, 0.1) is 11.9 Å². The molecule has 1 aromatic heterocycles. The number of hydrogen-bond donors (Lipinski definition) is 1. The van der Waals surface area contributed by atoms with E-state index in [9.17, 15) is 0 Å². The van der Waals surface area contributed by atoms with E-state index in [0.29, 0.717) is 0 Å². The second kappa shape index (κ2) is 6.17. The van der Waals surface area contributed by atoms with Crippen LogP contribution in [-0.4, -0.2) is 16.1 Å². The van der Waals surface area contributed by atoms with Crippen LogP contribution < -0.4 is 5.32 Å². The number of rotatable bonds is 6. The first-order chi connectivity index (χ1) is 8.83. The molecule has 0 fully saturated rings. The minimum atomic E-state index is 0.823. The van der Waals surface area contributed by atoms with Crippen molar-refractivity contribution in [1.29, 1.82) is 0 Å². The third-order valence-corrected chi connectivity index (χ3v) is 2.86. The molecule has 0 bridgehead atoms. The SMILES string of the molecule is C=CCCNCc1cnc(C)n1-c1ccccc1. The lowest BCUT2D eigenvalue weighted by Gasteiger charge is -2.10. The first kappa shape index (κ1) is 12.6. The first-order valence-electron chi connectivity index (χ1n) is 6.23. The summed E-state index contributed by atoms with van der Waals surface area (Å²) in [5.74, 6) is 1.02. The number of nitrogens with one attached hydrogen (secondary N) is 1. The van der Waals surface area contributed by atoms with Crippen LogP contribution in [0, 0.1) is 6.92 Å². The summed E-state index contributed by atoms with van der Waals surface area (Å²) in [6.45, 7) is 7.51. The molecule has 94 valence electrons. The van der Waals surface area contributed by atoms with Gasteiger partial charge in [0.1, 0.15) is 5.82 Å². The lowest BCUT2D eigenvalue weighted by molar-refractivity contribution is 0.670. The van der Waals surface area contributed by atoms with E-state index in [2.05, 4.69) is 33.6 Å². The second-order valence-electron chi connectivity index (χ2n) is 4.22. The Balaban J connectivity index is 2.15. The van der Waals surface area contributed by atoms with Crippen LogP contribution in [0.4, 0.5) is 0 Å². The van der Waals surface area contributed by atoms with Crippen molar-refractivity contribution < 1.29 is 0 Å². The van der Waals surface area contributed by atoms with Crippen molar-refractivity contribution in [3.05, 3.63) is 60.7 Å². The third-order valence-electron chi connectivity index (χ3n) is 2.86. The Morgan fingerprint density at radius 2 is 2.11 bits per heavy atom. The predicted molar refractivity (Wildman–Crippen MR) is 74.8 cm³/mol. The molecule has 0 aliphatic carbocycles. The van der Waals surface area contributed by atoms with Crippen LogP contribution in [0.2, 0.25) is 0 Å². The molecule has 1 N–H and O–H groups in total. The lowest BCUT2D eigenvalue weighted by Crippen LogP contribution is -2.16. The summed E-state index contributed by atoms with van der Waals surface area (Å²) in [5, 5.41) is 3.39. The Hall–Kier alpha value is -1.87. The van der Waals surface area contributed by atoms with E-state index in [4.69, 9.17) is 0 Å². The standard InChI is InChI=1S/C15H19N3/c1-3-4-10-16-11-15-12-17-13(2)18(15)14-8-6-5-7-9-14/h3,5-9,12,16H,1,4,10-11H2,2H3. The van der Waals surface area contributed by atoms with Crippen molar-refractivity contribution >= 4 is 0 Å². The summed E-state index contributed by atoms with van der Waals surface area (Å²) in [7, 11) is 0. The van der Waals surface area contributed by atoms with Crippen molar-refractivity contribution in [3.8, 4) is 5.69 Å². The van der Waals surface area contributed by atoms with Gasteiger partial charge in [-0.1, -0.05) is 24.3 Å². The van der Waals surface area contributed by atoms with Gasteiger partial charge in [0.25, 0.3) is 0 Å². The molecule has 2 rings (SSSR count). The lowest BCUT2D eigenvalue weighted by atomic mass is 10.3. The number of aryl methyl sites for hydroxylation is 1. The fourth-order valence-electron chi connectivity index (χ4n) is 1.97. The zero-order valence-corrected chi connectivity index (χ0v) is 10.8. The average Bonchev–Trinajstić information content (AvgIpc) is 2.77. The van der Waals surface area contributed by atoms with Gasteiger partial charge in [-0.15, -0.1) is 6.58 Å². The highest BCUT2D eigenvalue weighted by Gasteiger charge is 2.07. The van der Waals surface area contributed by atoms with E-state index in [1.54, 1.807) is 0 Å². The van der Waals surface area contributed by atoms with Gasteiger partial charge in [-0.2, -0.15) is 0 Å². The molecule has 0 atom stereocenters. The van der Waals surface area contributed by atoms with Crippen LogP contribution >= 0.6 is 0 Å². The van der Waals surface area contributed by atoms with Gasteiger partial charge >= 0.3 is 0 Å². The molecule has 0 amide bonds. The molecule has 0 spiro atoms. The van der Waals surface area contributed by atoms with Gasteiger partial charge in [-0.3, -0.25) is 4.57 Å². The predicted octanol–water partition coefficient (Wildman–Crippen LogP) is 2.85. The summed E-state index contributed by atoms with van der Waals surface area (Å²) in [6.07, 6.45) is 4.84. The Kier molecular flexibility index (Phi) is 4.31. The van der Waals surface area contributed by atoms with Crippen LogP contribution in [-0.2, 0) is 6.54 Å². The van der Waals surface area contributed by atoms with E-state index < -0.39 is 0 Å². The maximum absolute atomic E-state index is 4.39. The minimum Gasteiger partial charge on any atom is -0.311 e. The van der Waals surface area contributed by atoms with Gasteiger partial charge in [-0.05, 0) is 32.0 Å². The highest BCUT2D eigenvalue weighted by atomic mass is 15.1. The van der Waals surface area contributed by atoms with Gasteiger partial charge in [0.2, 0.25) is 0 Å². The molecule has 0 radical (unpaired) electrons. The highest BCUT2D eigenvalue weighted by molar-refractivity contribution is 5.35. The van der Waals surface area contributed by atoms with E-state index >= 15 is 0 Å². The Morgan fingerprint density at radius 1 is 1.33 bits per heavy atom. The molecule has 0 saturated carbocycles. The van der Waals surface area contributed by atoms with Gasteiger partial charge < -0.3 is 5.32 Å². The molecule has 1 heterocycles. The van der Waals surface area contributed by atoms with Gasteiger partial charge in [0, 0.05) is 12.2 Å². The number of nitrogens with zero attached hydrogens (tertiary/aromatic N) is 2. The normalized spacial score (nSPS) is 10.5. The minimum absolute atomic E-state index is 0.823.